The van der Waals surface area contributed by atoms with Crippen molar-refractivity contribution in [2.45, 2.75) is 0 Å². The SMILES string of the molecule is C=Cc1cccc2c1C(=S)C=C2. The molecule has 1 aromatic rings. The van der Waals surface area contributed by atoms with Gasteiger partial charge in [-0.2, -0.15) is 0 Å². The van der Waals surface area contributed by atoms with E-state index < -0.39 is 0 Å². The molecular formula is C11H8S. The molecule has 0 radical (unpaired) electrons. The van der Waals surface area contributed by atoms with E-state index in [2.05, 4.69) is 12.6 Å². The lowest BCUT2D eigenvalue weighted by Gasteiger charge is -2.02. The Labute approximate surface area is 77.2 Å². The number of allylic oxidation sites excluding steroid dienone is 1. The summed E-state index contributed by atoms with van der Waals surface area (Å²) < 4.78 is 0. The first-order valence-corrected chi connectivity index (χ1v) is 4.21. The van der Waals surface area contributed by atoms with Gasteiger partial charge in [0.15, 0.2) is 0 Å². The molecule has 0 unspecified atom stereocenters. The molecule has 1 heteroatoms. The van der Waals surface area contributed by atoms with Crippen molar-refractivity contribution in [1.29, 1.82) is 0 Å². The summed E-state index contributed by atoms with van der Waals surface area (Å²) in [4.78, 5) is 0.917. The first kappa shape index (κ1) is 7.44. The number of fused-ring (bicyclic) bond motifs is 1. The van der Waals surface area contributed by atoms with Crippen LogP contribution in [-0.4, -0.2) is 4.86 Å². The van der Waals surface area contributed by atoms with Gasteiger partial charge in [0, 0.05) is 10.4 Å². The first-order chi connectivity index (χ1) is 5.83. The van der Waals surface area contributed by atoms with Crippen LogP contribution in [0.1, 0.15) is 16.7 Å². The quantitative estimate of drug-likeness (QED) is 0.587. The van der Waals surface area contributed by atoms with E-state index in [4.69, 9.17) is 12.2 Å². The van der Waals surface area contributed by atoms with Crippen LogP contribution < -0.4 is 0 Å². The van der Waals surface area contributed by atoms with E-state index in [9.17, 15) is 0 Å². The Bertz CT molecular complexity index is 386. The molecule has 0 fully saturated rings. The zero-order chi connectivity index (χ0) is 8.55. The van der Waals surface area contributed by atoms with E-state index >= 15 is 0 Å². The number of hydrogen-bond donors (Lipinski definition) is 0. The van der Waals surface area contributed by atoms with Crippen LogP contribution in [0, 0.1) is 0 Å². The zero-order valence-electron chi connectivity index (χ0n) is 6.58. The summed E-state index contributed by atoms with van der Waals surface area (Å²) in [6.07, 6.45) is 5.86. The standard InChI is InChI=1S/C11H8S/c1-2-8-4-3-5-9-6-7-10(12)11(8)9/h2-7H,1H2. The van der Waals surface area contributed by atoms with Crippen LogP contribution in [0.4, 0.5) is 0 Å². The molecule has 58 valence electrons. The average molecular weight is 172 g/mol. The van der Waals surface area contributed by atoms with Crippen LogP contribution in [0.5, 0.6) is 0 Å². The molecule has 0 bridgehead atoms. The summed E-state index contributed by atoms with van der Waals surface area (Å²) in [5.41, 5.74) is 3.49. The Morgan fingerprint density at radius 2 is 2.08 bits per heavy atom. The fraction of sp³-hybridized carbons (Fsp3) is 0. The minimum atomic E-state index is 0.917. The van der Waals surface area contributed by atoms with Gasteiger partial charge in [-0.25, -0.2) is 0 Å². The third kappa shape index (κ3) is 0.942. The van der Waals surface area contributed by atoms with Crippen molar-refractivity contribution in [1.82, 2.24) is 0 Å². The maximum Gasteiger partial charge on any atom is 0.0461 e. The molecule has 0 spiro atoms. The molecule has 0 atom stereocenters. The fourth-order valence-corrected chi connectivity index (χ4v) is 1.73. The summed E-state index contributed by atoms with van der Waals surface area (Å²) in [5, 5.41) is 0. The maximum atomic E-state index is 5.19. The van der Waals surface area contributed by atoms with Crippen molar-refractivity contribution in [3.8, 4) is 0 Å². The molecule has 0 heterocycles. The van der Waals surface area contributed by atoms with Gasteiger partial charge in [0.25, 0.3) is 0 Å². The van der Waals surface area contributed by atoms with Crippen molar-refractivity contribution in [2.75, 3.05) is 0 Å². The highest BCUT2D eigenvalue weighted by molar-refractivity contribution is 7.81. The highest BCUT2D eigenvalue weighted by Crippen LogP contribution is 2.24. The predicted molar refractivity (Wildman–Crippen MR) is 57.3 cm³/mol. The summed E-state index contributed by atoms with van der Waals surface area (Å²) >= 11 is 5.19. The Morgan fingerprint density at radius 3 is 2.83 bits per heavy atom. The second kappa shape index (κ2) is 2.68. The molecule has 1 aliphatic rings. The molecule has 1 aliphatic carbocycles. The maximum absolute atomic E-state index is 5.19. The summed E-state index contributed by atoms with van der Waals surface area (Å²) in [5.74, 6) is 0. The van der Waals surface area contributed by atoms with Crippen LogP contribution in [-0.2, 0) is 0 Å². The van der Waals surface area contributed by atoms with Gasteiger partial charge in [0.05, 0.1) is 0 Å². The minimum Gasteiger partial charge on any atom is -0.0984 e. The number of thiocarbonyl (C=S) groups is 1. The van der Waals surface area contributed by atoms with Crippen LogP contribution in [0.25, 0.3) is 12.2 Å². The van der Waals surface area contributed by atoms with Crippen LogP contribution >= 0.6 is 12.2 Å². The molecule has 0 nitrogen and oxygen atoms in total. The topological polar surface area (TPSA) is 0 Å². The number of benzene rings is 1. The highest BCUT2D eigenvalue weighted by atomic mass is 32.1. The molecule has 0 saturated heterocycles. The van der Waals surface area contributed by atoms with Crippen LogP contribution in [0.15, 0.2) is 30.9 Å². The monoisotopic (exact) mass is 172 g/mol. The zero-order valence-corrected chi connectivity index (χ0v) is 7.40. The Kier molecular flexibility index (Phi) is 1.66. The van der Waals surface area contributed by atoms with Gasteiger partial charge in [0.1, 0.15) is 0 Å². The van der Waals surface area contributed by atoms with Gasteiger partial charge in [-0.05, 0) is 17.2 Å². The second-order valence-corrected chi connectivity index (χ2v) is 3.15. The second-order valence-electron chi connectivity index (χ2n) is 2.71. The van der Waals surface area contributed by atoms with Gasteiger partial charge >= 0.3 is 0 Å². The third-order valence-corrected chi connectivity index (χ3v) is 2.35. The lowest BCUT2D eigenvalue weighted by molar-refractivity contribution is 1.61. The van der Waals surface area contributed by atoms with E-state index in [1.807, 2.05) is 30.4 Å². The summed E-state index contributed by atoms with van der Waals surface area (Å²) in [6, 6.07) is 6.12. The molecule has 0 aliphatic heterocycles. The molecular weight excluding hydrogens is 164 g/mol. The minimum absolute atomic E-state index is 0.917. The molecule has 0 saturated carbocycles. The predicted octanol–water partition coefficient (Wildman–Crippen LogP) is 3.07. The largest absolute Gasteiger partial charge is 0.0984 e. The average Bonchev–Trinajstić information content (AvgIpc) is 2.48. The molecule has 0 N–H and O–H groups in total. The van der Waals surface area contributed by atoms with Crippen molar-refractivity contribution in [2.24, 2.45) is 0 Å². The first-order valence-electron chi connectivity index (χ1n) is 3.81. The molecule has 2 rings (SSSR count). The lowest BCUT2D eigenvalue weighted by Crippen LogP contribution is -1.93. The highest BCUT2D eigenvalue weighted by Gasteiger charge is 2.11. The third-order valence-electron chi connectivity index (χ3n) is 2.01. The van der Waals surface area contributed by atoms with Crippen LogP contribution in [0.2, 0.25) is 0 Å². The van der Waals surface area contributed by atoms with Gasteiger partial charge in [0.2, 0.25) is 0 Å². The van der Waals surface area contributed by atoms with E-state index in [0.29, 0.717) is 0 Å². The normalized spacial score (nSPS) is 13.2. The number of hydrogen-bond acceptors (Lipinski definition) is 1. The van der Waals surface area contributed by atoms with E-state index in [1.54, 1.807) is 0 Å². The fourth-order valence-electron chi connectivity index (χ4n) is 1.43. The van der Waals surface area contributed by atoms with Gasteiger partial charge < -0.3 is 0 Å². The number of rotatable bonds is 1. The summed E-state index contributed by atoms with van der Waals surface area (Å²) in [6.45, 7) is 3.76. The van der Waals surface area contributed by atoms with E-state index in [0.717, 1.165) is 16.0 Å². The molecule has 12 heavy (non-hydrogen) atoms. The molecule has 0 aromatic heterocycles. The van der Waals surface area contributed by atoms with Gasteiger partial charge in [-0.3, -0.25) is 0 Å². The van der Waals surface area contributed by atoms with Gasteiger partial charge in [-0.1, -0.05) is 49.1 Å². The molecule has 0 amide bonds. The summed E-state index contributed by atoms with van der Waals surface area (Å²) in [7, 11) is 0. The van der Waals surface area contributed by atoms with Crippen molar-refractivity contribution >= 4 is 29.2 Å². The van der Waals surface area contributed by atoms with Crippen molar-refractivity contribution in [3.05, 3.63) is 47.5 Å². The Hall–Kier alpha value is -1.21. The lowest BCUT2D eigenvalue weighted by atomic mass is 10.0. The van der Waals surface area contributed by atoms with Gasteiger partial charge in [-0.15, -0.1) is 0 Å². The molecule has 1 aromatic carbocycles. The Morgan fingerprint density at radius 1 is 1.25 bits per heavy atom. The van der Waals surface area contributed by atoms with E-state index in [-0.39, 0.29) is 0 Å². The van der Waals surface area contributed by atoms with Crippen molar-refractivity contribution < 1.29 is 0 Å². The van der Waals surface area contributed by atoms with Crippen molar-refractivity contribution in [3.63, 3.8) is 0 Å². The van der Waals surface area contributed by atoms with Crippen LogP contribution in [0.3, 0.4) is 0 Å². The van der Waals surface area contributed by atoms with E-state index in [1.165, 1.54) is 5.56 Å². The smallest absolute Gasteiger partial charge is 0.0461 e. The Balaban J connectivity index is 2.73.